The summed E-state index contributed by atoms with van der Waals surface area (Å²) in [4.78, 5) is 11.5. The number of aliphatic carboxylic acids is 1. The lowest BCUT2D eigenvalue weighted by atomic mass is 10.1. The van der Waals surface area contributed by atoms with Crippen LogP contribution in [0.2, 0.25) is 0 Å². The molecule has 0 aliphatic heterocycles. The quantitative estimate of drug-likeness (QED) is 0.592. The van der Waals surface area contributed by atoms with Crippen molar-refractivity contribution in [3.63, 3.8) is 0 Å². The van der Waals surface area contributed by atoms with E-state index < -0.39 is 5.97 Å². The Balaban J connectivity index is 3.07. The molecule has 1 aromatic rings. The first-order valence-electron chi connectivity index (χ1n) is 4.37. The van der Waals surface area contributed by atoms with Crippen LogP contribution < -0.4 is 0 Å². The molecule has 0 amide bonds. The van der Waals surface area contributed by atoms with E-state index in [4.69, 9.17) is 5.11 Å². The number of carboxylic acids is 1. The predicted molar refractivity (Wildman–Crippen MR) is 59.6 cm³/mol. The van der Waals surface area contributed by atoms with E-state index in [1.54, 1.807) is 6.08 Å². The molecule has 74 valence electrons. The highest BCUT2D eigenvalue weighted by atomic mass is 32.1. The van der Waals surface area contributed by atoms with Crippen LogP contribution in [-0.2, 0) is 4.79 Å². The second-order valence-electron chi connectivity index (χ2n) is 2.89. The predicted octanol–water partition coefficient (Wildman–Crippen LogP) is 2.85. The van der Waals surface area contributed by atoms with Crippen LogP contribution in [0.3, 0.4) is 0 Å². The van der Waals surface area contributed by atoms with Crippen LogP contribution in [0.15, 0.2) is 34.7 Å². The number of benzene rings is 1. The molecule has 0 spiro atoms. The topological polar surface area (TPSA) is 37.3 Å². The highest BCUT2D eigenvalue weighted by molar-refractivity contribution is 7.80. The summed E-state index contributed by atoms with van der Waals surface area (Å²) in [6.45, 7) is 1.82. The lowest BCUT2D eigenvalue weighted by Gasteiger charge is -2.01. The van der Waals surface area contributed by atoms with Crippen molar-refractivity contribution >= 4 is 24.7 Å². The van der Waals surface area contributed by atoms with Gasteiger partial charge in [-0.05, 0) is 24.1 Å². The van der Waals surface area contributed by atoms with Gasteiger partial charge in [0.25, 0.3) is 0 Å². The number of rotatable bonds is 3. The normalized spacial score (nSPS) is 11.4. The summed E-state index contributed by atoms with van der Waals surface area (Å²) in [5.74, 6) is -0.871. The van der Waals surface area contributed by atoms with Crippen molar-refractivity contribution in [2.24, 2.45) is 0 Å². The van der Waals surface area contributed by atoms with Gasteiger partial charge in [-0.1, -0.05) is 25.1 Å². The lowest BCUT2D eigenvalue weighted by molar-refractivity contribution is -0.132. The third-order valence-electron chi connectivity index (χ3n) is 1.92. The maximum atomic E-state index is 10.8. The minimum Gasteiger partial charge on any atom is -0.478 e. The van der Waals surface area contributed by atoms with Gasteiger partial charge in [-0.15, -0.1) is 12.6 Å². The molecule has 0 fully saturated rings. The van der Waals surface area contributed by atoms with Crippen molar-refractivity contribution in [3.8, 4) is 0 Å². The van der Waals surface area contributed by atoms with Gasteiger partial charge in [-0.2, -0.15) is 0 Å². The molecule has 0 saturated heterocycles. The molecule has 0 aliphatic carbocycles. The maximum absolute atomic E-state index is 10.8. The minimum atomic E-state index is -0.871. The van der Waals surface area contributed by atoms with Gasteiger partial charge >= 0.3 is 5.97 Å². The number of hydrogen-bond acceptors (Lipinski definition) is 2. The first-order valence-corrected chi connectivity index (χ1v) is 4.81. The third kappa shape index (κ3) is 2.64. The molecule has 3 heteroatoms. The molecule has 0 radical (unpaired) electrons. The van der Waals surface area contributed by atoms with Crippen LogP contribution in [0.25, 0.3) is 6.08 Å². The van der Waals surface area contributed by atoms with Gasteiger partial charge in [0.15, 0.2) is 0 Å². The Hall–Kier alpha value is -1.22. The monoisotopic (exact) mass is 208 g/mol. The summed E-state index contributed by atoms with van der Waals surface area (Å²) < 4.78 is 0. The van der Waals surface area contributed by atoms with E-state index in [0.717, 1.165) is 10.5 Å². The van der Waals surface area contributed by atoms with Crippen LogP contribution in [-0.4, -0.2) is 11.1 Å². The fourth-order valence-corrected chi connectivity index (χ4v) is 1.34. The molecule has 0 aliphatic rings. The van der Waals surface area contributed by atoms with Gasteiger partial charge in [0.1, 0.15) is 0 Å². The Bertz CT molecular complexity index is 369. The molecule has 1 aromatic carbocycles. The van der Waals surface area contributed by atoms with Crippen molar-refractivity contribution < 1.29 is 9.90 Å². The Labute approximate surface area is 88.7 Å². The van der Waals surface area contributed by atoms with E-state index in [2.05, 4.69) is 12.6 Å². The van der Waals surface area contributed by atoms with Gasteiger partial charge in [0.2, 0.25) is 0 Å². The molecule has 0 saturated carbocycles. The van der Waals surface area contributed by atoms with Crippen LogP contribution in [0.1, 0.15) is 18.9 Å². The summed E-state index contributed by atoms with van der Waals surface area (Å²) in [5, 5.41) is 8.83. The Morgan fingerprint density at radius 2 is 2.14 bits per heavy atom. The molecule has 0 aromatic heterocycles. The molecule has 2 nitrogen and oxygen atoms in total. The zero-order chi connectivity index (χ0) is 10.6. The van der Waals surface area contributed by atoms with Crippen LogP contribution >= 0.6 is 12.6 Å². The first-order chi connectivity index (χ1) is 6.65. The Morgan fingerprint density at radius 1 is 1.50 bits per heavy atom. The van der Waals surface area contributed by atoms with Gasteiger partial charge < -0.3 is 5.11 Å². The number of thiol groups is 1. The zero-order valence-electron chi connectivity index (χ0n) is 7.90. The summed E-state index contributed by atoms with van der Waals surface area (Å²) >= 11 is 4.24. The Morgan fingerprint density at radius 3 is 2.64 bits per heavy atom. The lowest BCUT2D eigenvalue weighted by Crippen LogP contribution is -1.98. The van der Waals surface area contributed by atoms with Gasteiger partial charge in [0.05, 0.1) is 0 Å². The van der Waals surface area contributed by atoms with E-state index in [1.807, 2.05) is 31.2 Å². The number of carbonyl (C=O) groups is 1. The van der Waals surface area contributed by atoms with Crippen molar-refractivity contribution in [1.82, 2.24) is 0 Å². The molecule has 0 bridgehead atoms. The molecular formula is C11H12O2S. The molecule has 1 rings (SSSR count). The van der Waals surface area contributed by atoms with Gasteiger partial charge in [-0.3, -0.25) is 0 Å². The smallest absolute Gasteiger partial charge is 0.331 e. The zero-order valence-corrected chi connectivity index (χ0v) is 8.79. The fourth-order valence-electron chi connectivity index (χ4n) is 1.11. The van der Waals surface area contributed by atoms with Crippen molar-refractivity contribution in [1.29, 1.82) is 0 Å². The average Bonchev–Trinajstić information content (AvgIpc) is 2.16. The van der Waals surface area contributed by atoms with E-state index in [0.29, 0.717) is 12.0 Å². The van der Waals surface area contributed by atoms with Crippen molar-refractivity contribution in [3.05, 3.63) is 35.4 Å². The highest BCUT2D eigenvalue weighted by Gasteiger charge is 2.04. The third-order valence-corrected chi connectivity index (χ3v) is 2.33. The average molecular weight is 208 g/mol. The first kappa shape index (κ1) is 10.9. The molecule has 0 atom stereocenters. The van der Waals surface area contributed by atoms with E-state index in [9.17, 15) is 4.79 Å². The van der Waals surface area contributed by atoms with Crippen LogP contribution in [0.5, 0.6) is 0 Å². The second kappa shape index (κ2) is 4.86. The summed E-state index contributed by atoms with van der Waals surface area (Å²) in [6, 6.07) is 7.41. The van der Waals surface area contributed by atoms with Crippen LogP contribution in [0, 0.1) is 0 Å². The van der Waals surface area contributed by atoms with E-state index >= 15 is 0 Å². The van der Waals surface area contributed by atoms with Crippen molar-refractivity contribution in [2.75, 3.05) is 0 Å². The molecule has 14 heavy (non-hydrogen) atoms. The second-order valence-corrected chi connectivity index (χ2v) is 3.37. The number of hydrogen-bond donors (Lipinski definition) is 2. The Kier molecular flexibility index (Phi) is 3.77. The van der Waals surface area contributed by atoms with Crippen molar-refractivity contribution in [2.45, 2.75) is 18.2 Å². The van der Waals surface area contributed by atoms with E-state index in [1.165, 1.54) is 0 Å². The fraction of sp³-hybridized carbons (Fsp3) is 0.182. The van der Waals surface area contributed by atoms with Crippen LogP contribution in [0.4, 0.5) is 0 Å². The summed E-state index contributed by atoms with van der Waals surface area (Å²) in [6.07, 6.45) is 2.17. The standard InChI is InChI=1S/C11H12O2S/c1-2-8(11(12)13)7-9-5-3-4-6-10(9)14/h3-7,14H,2H2,1H3,(H,12,13). The number of carboxylic acid groups (broad SMARTS) is 1. The van der Waals surface area contributed by atoms with Gasteiger partial charge in [0, 0.05) is 10.5 Å². The van der Waals surface area contributed by atoms with Gasteiger partial charge in [-0.25, -0.2) is 4.79 Å². The summed E-state index contributed by atoms with van der Waals surface area (Å²) in [5.41, 5.74) is 1.24. The molecular weight excluding hydrogens is 196 g/mol. The molecule has 0 unspecified atom stereocenters. The largest absolute Gasteiger partial charge is 0.478 e. The van der Waals surface area contributed by atoms with E-state index in [-0.39, 0.29) is 0 Å². The molecule has 0 heterocycles. The maximum Gasteiger partial charge on any atom is 0.331 e. The summed E-state index contributed by atoms with van der Waals surface area (Å²) in [7, 11) is 0. The minimum absolute atomic E-state index is 0.395. The molecule has 1 N–H and O–H groups in total. The SMILES string of the molecule is CCC(=Cc1ccccc1S)C(=O)O. The highest BCUT2D eigenvalue weighted by Crippen LogP contribution is 2.17.